The maximum Gasteiger partial charge on any atom is 0.0616 e. The van der Waals surface area contributed by atoms with Crippen LogP contribution in [0.3, 0.4) is 0 Å². The van der Waals surface area contributed by atoms with Gasteiger partial charge in [-0.15, -0.1) is 0 Å². The molecule has 1 fully saturated rings. The predicted molar refractivity (Wildman–Crippen MR) is 88.8 cm³/mol. The molecule has 0 amide bonds. The molecule has 1 heterocycles. The Balaban J connectivity index is 2.00. The van der Waals surface area contributed by atoms with Crippen molar-refractivity contribution in [3.8, 4) is 0 Å². The van der Waals surface area contributed by atoms with Crippen LogP contribution >= 0.6 is 11.6 Å². The summed E-state index contributed by atoms with van der Waals surface area (Å²) < 4.78 is 0. The van der Waals surface area contributed by atoms with Crippen LogP contribution in [0.25, 0.3) is 0 Å². The summed E-state index contributed by atoms with van der Waals surface area (Å²) >= 11 is 6.49. The molecule has 3 rings (SSSR count). The molecular formula is C18H21ClN2. The molecule has 1 aliphatic heterocycles. The zero-order valence-corrected chi connectivity index (χ0v) is 12.9. The van der Waals surface area contributed by atoms with Gasteiger partial charge in [-0.1, -0.05) is 60.1 Å². The fraction of sp³-hybridized carbons (Fsp3) is 0.333. The lowest BCUT2D eigenvalue weighted by Gasteiger charge is -2.31. The van der Waals surface area contributed by atoms with Crippen molar-refractivity contribution in [3.05, 3.63) is 70.7 Å². The minimum Gasteiger partial charge on any atom is -0.315 e. The van der Waals surface area contributed by atoms with E-state index in [4.69, 9.17) is 11.6 Å². The van der Waals surface area contributed by atoms with Gasteiger partial charge in [0.2, 0.25) is 0 Å². The first-order valence-corrected chi connectivity index (χ1v) is 7.98. The second-order valence-electron chi connectivity index (χ2n) is 5.47. The molecule has 1 unspecified atom stereocenters. The van der Waals surface area contributed by atoms with E-state index in [-0.39, 0.29) is 6.04 Å². The Morgan fingerprint density at radius 3 is 2.48 bits per heavy atom. The maximum absolute atomic E-state index is 6.49. The highest BCUT2D eigenvalue weighted by Crippen LogP contribution is 2.33. The smallest absolute Gasteiger partial charge is 0.0616 e. The number of halogens is 1. The lowest BCUT2D eigenvalue weighted by Crippen LogP contribution is -2.33. The zero-order valence-electron chi connectivity index (χ0n) is 12.1. The summed E-state index contributed by atoms with van der Waals surface area (Å²) in [5.74, 6) is 0. The van der Waals surface area contributed by atoms with Gasteiger partial charge in [0, 0.05) is 24.7 Å². The number of hydrogen-bond donors (Lipinski definition) is 1. The number of hydrogen-bond acceptors (Lipinski definition) is 2. The second-order valence-corrected chi connectivity index (χ2v) is 5.88. The molecule has 0 aliphatic carbocycles. The Morgan fingerprint density at radius 1 is 0.905 bits per heavy atom. The van der Waals surface area contributed by atoms with Gasteiger partial charge >= 0.3 is 0 Å². The predicted octanol–water partition coefficient (Wildman–Crippen LogP) is 3.72. The van der Waals surface area contributed by atoms with Gasteiger partial charge < -0.3 is 5.32 Å². The van der Waals surface area contributed by atoms with E-state index in [9.17, 15) is 0 Å². The number of rotatable bonds is 3. The molecule has 0 aromatic heterocycles. The summed E-state index contributed by atoms with van der Waals surface area (Å²) in [6, 6.07) is 19.1. The Kier molecular flexibility index (Phi) is 4.91. The average Bonchev–Trinajstić information content (AvgIpc) is 2.80. The van der Waals surface area contributed by atoms with E-state index in [2.05, 4.69) is 52.7 Å². The van der Waals surface area contributed by atoms with Crippen LogP contribution in [0.4, 0.5) is 0 Å². The van der Waals surface area contributed by atoms with Crippen molar-refractivity contribution in [2.75, 3.05) is 26.2 Å². The Morgan fingerprint density at radius 2 is 1.67 bits per heavy atom. The second kappa shape index (κ2) is 7.08. The van der Waals surface area contributed by atoms with Gasteiger partial charge in [0.05, 0.1) is 6.04 Å². The van der Waals surface area contributed by atoms with Gasteiger partial charge in [-0.2, -0.15) is 0 Å². The van der Waals surface area contributed by atoms with Crippen molar-refractivity contribution >= 4 is 11.6 Å². The van der Waals surface area contributed by atoms with E-state index in [1.807, 2.05) is 12.1 Å². The highest BCUT2D eigenvalue weighted by Gasteiger charge is 2.24. The highest BCUT2D eigenvalue weighted by atomic mass is 35.5. The topological polar surface area (TPSA) is 15.3 Å². The van der Waals surface area contributed by atoms with Crippen LogP contribution in [-0.2, 0) is 0 Å². The van der Waals surface area contributed by atoms with E-state index < -0.39 is 0 Å². The average molecular weight is 301 g/mol. The lowest BCUT2D eigenvalue weighted by molar-refractivity contribution is 0.241. The minimum absolute atomic E-state index is 0.236. The van der Waals surface area contributed by atoms with Gasteiger partial charge in [0.25, 0.3) is 0 Å². The number of nitrogens with zero attached hydrogens (tertiary/aromatic N) is 1. The van der Waals surface area contributed by atoms with E-state index >= 15 is 0 Å². The van der Waals surface area contributed by atoms with Crippen LogP contribution in [0, 0.1) is 0 Å². The molecule has 1 saturated heterocycles. The normalized spacial score (nSPS) is 18.1. The molecule has 21 heavy (non-hydrogen) atoms. The van der Waals surface area contributed by atoms with E-state index in [1.54, 1.807) is 0 Å². The van der Waals surface area contributed by atoms with Gasteiger partial charge in [0.1, 0.15) is 0 Å². The quantitative estimate of drug-likeness (QED) is 0.929. The van der Waals surface area contributed by atoms with Gasteiger partial charge in [-0.05, 0) is 30.2 Å². The Labute approximate surface area is 131 Å². The molecule has 3 heteroatoms. The molecule has 2 aromatic rings. The summed E-state index contributed by atoms with van der Waals surface area (Å²) in [6.07, 6.45) is 1.17. The van der Waals surface area contributed by atoms with Crippen molar-refractivity contribution in [1.29, 1.82) is 0 Å². The summed E-state index contributed by atoms with van der Waals surface area (Å²) in [6.45, 7) is 4.27. The monoisotopic (exact) mass is 300 g/mol. The standard InChI is InChI=1S/C18H21ClN2/c19-17-10-5-4-9-16(17)18(15-7-2-1-3-8-15)21-13-6-11-20-12-14-21/h1-5,7-10,18,20H,6,11-14H2. The van der Waals surface area contributed by atoms with Crippen molar-refractivity contribution in [2.24, 2.45) is 0 Å². The largest absolute Gasteiger partial charge is 0.315 e. The molecule has 0 bridgehead atoms. The van der Waals surface area contributed by atoms with Crippen LogP contribution in [-0.4, -0.2) is 31.1 Å². The molecule has 1 N–H and O–H groups in total. The van der Waals surface area contributed by atoms with Crippen molar-refractivity contribution in [2.45, 2.75) is 12.5 Å². The SMILES string of the molecule is Clc1ccccc1C(c1ccccc1)N1CCCNCC1. The molecule has 0 saturated carbocycles. The Bertz CT molecular complexity index is 562. The highest BCUT2D eigenvalue weighted by molar-refractivity contribution is 6.31. The van der Waals surface area contributed by atoms with Crippen LogP contribution in [0.15, 0.2) is 54.6 Å². The van der Waals surface area contributed by atoms with Crippen LogP contribution in [0.1, 0.15) is 23.6 Å². The van der Waals surface area contributed by atoms with Crippen LogP contribution < -0.4 is 5.32 Å². The third-order valence-corrected chi connectivity index (χ3v) is 4.40. The van der Waals surface area contributed by atoms with E-state index in [1.165, 1.54) is 17.5 Å². The fourth-order valence-corrected chi connectivity index (χ4v) is 3.28. The minimum atomic E-state index is 0.236. The lowest BCUT2D eigenvalue weighted by atomic mass is 9.96. The summed E-state index contributed by atoms with van der Waals surface area (Å²) in [5, 5.41) is 4.33. The Hall–Kier alpha value is -1.35. The zero-order chi connectivity index (χ0) is 14.5. The van der Waals surface area contributed by atoms with Crippen molar-refractivity contribution < 1.29 is 0 Å². The van der Waals surface area contributed by atoms with Gasteiger partial charge in [0.15, 0.2) is 0 Å². The number of nitrogens with one attached hydrogen (secondary N) is 1. The van der Waals surface area contributed by atoms with Crippen molar-refractivity contribution in [3.63, 3.8) is 0 Å². The van der Waals surface area contributed by atoms with Crippen LogP contribution in [0.2, 0.25) is 5.02 Å². The molecule has 2 nitrogen and oxygen atoms in total. The van der Waals surface area contributed by atoms with E-state index in [0.29, 0.717) is 0 Å². The first-order valence-electron chi connectivity index (χ1n) is 7.60. The van der Waals surface area contributed by atoms with Crippen molar-refractivity contribution in [1.82, 2.24) is 10.2 Å². The molecule has 2 aromatic carbocycles. The van der Waals surface area contributed by atoms with Gasteiger partial charge in [-0.25, -0.2) is 0 Å². The first-order chi connectivity index (χ1) is 10.4. The summed E-state index contributed by atoms with van der Waals surface area (Å²) in [5.41, 5.74) is 2.51. The third-order valence-electron chi connectivity index (χ3n) is 4.05. The molecule has 1 aliphatic rings. The fourth-order valence-electron chi connectivity index (χ4n) is 3.04. The van der Waals surface area contributed by atoms with Gasteiger partial charge in [-0.3, -0.25) is 4.90 Å². The third kappa shape index (κ3) is 3.46. The number of benzene rings is 2. The summed E-state index contributed by atoms with van der Waals surface area (Å²) in [4.78, 5) is 2.54. The molecule has 110 valence electrons. The maximum atomic E-state index is 6.49. The molecule has 1 atom stereocenters. The summed E-state index contributed by atoms with van der Waals surface area (Å²) in [7, 11) is 0. The molecular weight excluding hydrogens is 280 g/mol. The first kappa shape index (κ1) is 14.6. The molecule has 0 spiro atoms. The van der Waals surface area contributed by atoms with E-state index in [0.717, 1.165) is 31.2 Å². The molecule has 0 radical (unpaired) electrons. The van der Waals surface area contributed by atoms with Crippen LogP contribution in [0.5, 0.6) is 0 Å².